The molecule has 1 aliphatic rings. The zero-order valence-electron chi connectivity index (χ0n) is 6.36. The molecule has 1 aromatic carbocycles. The minimum absolute atomic E-state index is 0.675. The van der Waals surface area contributed by atoms with E-state index in [-0.39, 0.29) is 0 Å². The fourth-order valence-corrected chi connectivity index (χ4v) is 1.20. The Morgan fingerprint density at radius 3 is 3.17 bits per heavy atom. The van der Waals surface area contributed by atoms with Crippen molar-refractivity contribution in [2.45, 2.75) is 0 Å². The zero-order valence-corrected chi connectivity index (χ0v) is 6.36. The third-order valence-electron chi connectivity index (χ3n) is 1.81. The van der Waals surface area contributed by atoms with Gasteiger partial charge in [0.2, 0.25) is 0 Å². The number of nitrogens with two attached hydrogens (primary N) is 1. The van der Waals surface area contributed by atoms with Gasteiger partial charge >= 0.3 is 7.05 Å². The molecule has 0 aromatic heterocycles. The van der Waals surface area contributed by atoms with Crippen LogP contribution >= 0.6 is 0 Å². The summed E-state index contributed by atoms with van der Waals surface area (Å²) in [6.07, 6.45) is 1.64. The number of fused-ring (bicyclic) bond motifs is 1. The zero-order chi connectivity index (χ0) is 8.55. The Labute approximate surface area is 70.2 Å². The fourth-order valence-electron chi connectivity index (χ4n) is 1.20. The molecule has 0 fully saturated rings. The van der Waals surface area contributed by atoms with Gasteiger partial charge in [-0.1, -0.05) is 6.07 Å². The first kappa shape index (κ1) is 7.18. The van der Waals surface area contributed by atoms with E-state index in [1.807, 2.05) is 0 Å². The molecule has 5 heteroatoms. The maximum atomic E-state index is 9.39. The standard InChI is InChI=1S/C7H8BN3O/c9-6-1-2-7-5(3-6)4-10-11-8(7)12/h1-4,11-12H,9H2. The molecule has 1 aliphatic heterocycles. The van der Waals surface area contributed by atoms with Crippen LogP contribution in [0.1, 0.15) is 5.56 Å². The fraction of sp³-hybridized carbons (Fsp3) is 0. The second kappa shape index (κ2) is 2.53. The number of nitrogen functional groups attached to an aromatic ring is 1. The van der Waals surface area contributed by atoms with Crippen molar-refractivity contribution in [3.63, 3.8) is 0 Å². The molecule has 60 valence electrons. The highest BCUT2D eigenvalue weighted by Gasteiger charge is 2.20. The summed E-state index contributed by atoms with van der Waals surface area (Å²) < 4.78 is 0. The summed E-state index contributed by atoms with van der Waals surface area (Å²) in [6.45, 7) is 0. The minimum Gasteiger partial charge on any atom is -0.428 e. The maximum absolute atomic E-state index is 9.39. The highest BCUT2D eigenvalue weighted by Crippen LogP contribution is 2.04. The number of hydrogen-bond acceptors (Lipinski definition) is 4. The molecule has 0 saturated carbocycles. The van der Waals surface area contributed by atoms with Gasteiger partial charge in [0, 0.05) is 5.69 Å². The van der Waals surface area contributed by atoms with E-state index in [2.05, 4.69) is 10.4 Å². The van der Waals surface area contributed by atoms with E-state index in [9.17, 15) is 5.02 Å². The Kier molecular flexibility index (Phi) is 1.51. The van der Waals surface area contributed by atoms with Gasteiger partial charge in [-0.05, 0) is 23.2 Å². The molecule has 0 bridgehead atoms. The quantitative estimate of drug-likeness (QED) is 0.334. The number of hydrogen-bond donors (Lipinski definition) is 3. The topological polar surface area (TPSA) is 70.6 Å². The van der Waals surface area contributed by atoms with Gasteiger partial charge < -0.3 is 16.1 Å². The van der Waals surface area contributed by atoms with Crippen LogP contribution in [0, 0.1) is 0 Å². The number of rotatable bonds is 0. The smallest absolute Gasteiger partial charge is 0.428 e. The summed E-state index contributed by atoms with van der Waals surface area (Å²) in [6, 6.07) is 5.32. The largest absolute Gasteiger partial charge is 0.464 e. The van der Waals surface area contributed by atoms with E-state index in [1.54, 1.807) is 24.4 Å². The third kappa shape index (κ3) is 1.04. The van der Waals surface area contributed by atoms with Crippen molar-refractivity contribution < 1.29 is 5.02 Å². The molecule has 0 saturated heterocycles. The summed E-state index contributed by atoms with van der Waals surface area (Å²) in [5.41, 5.74) is 7.91. The minimum atomic E-state index is -0.717. The van der Waals surface area contributed by atoms with Gasteiger partial charge in [-0.3, -0.25) is 0 Å². The Hall–Kier alpha value is -1.49. The van der Waals surface area contributed by atoms with E-state index in [4.69, 9.17) is 5.73 Å². The third-order valence-corrected chi connectivity index (χ3v) is 1.81. The van der Waals surface area contributed by atoms with Crippen LogP contribution in [0.2, 0.25) is 0 Å². The molecule has 0 atom stereocenters. The molecule has 4 N–H and O–H groups in total. The Morgan fingerprint density at radius 2 is 2.33 bits per heavy atom. The van der Waals surface area contributed by atoms with E-state index in [0.29, 0.717) is 5.69 Å². The molecule has 12 heavy (non-hydrogen) atoms. The molecule has 0 unspecified atom stereocenters. The van der Waals surface area contributed by atoms with Gasteiger partial charge in [0.1, 0.15) is 0 Å². The molecule has 0 amide bonds. The van der Waals surface area contributed by atoms with Crippen molar-refractivity contribution in [1.82, 2.24) is 5.34 Å². The predicted octanol–water partition coefficient (Wildman–Crippen LogP) is -1.11. The lowest BCUT2D eigenvalue weighted by Gasteiger charge is -2.13. The molecule has 1 aromatic rings. The van der Waals surface area contributed by atoms with Crippen LogP contribution in [0.5, 0.6) is 0 Å². The van der Waals surface area contributed by atoms with Crippen LogP contribution in [0.3, 0.4) is 0 Å². The van der Waals surface area contributed by atoms with E-state index in [1.165, 1.54) is 0 Å². The van der Waals surface area contributed by atoms with E-state index in [0.717, 1.165) is 11.0 Å². The van der Waals surface area contributed by atoms with Gasteiger partial charge in [-0.25, -0.2) is 0 Å². The van der Waals surface area contributed by atoms with Crippen molar-refractivity contribution in [1.29, 1.82) is 0 Å². The molecule has 2 rings (SSSR count). The molecular weight excluding hydrogens is 153 g/mol. The molecule has 0 radical (unpaired) electrons. The summed E-state index contributed by atoms with van der Waals surface area (Å²) >= 11 is 0. The second-order valence-corrected chi connectivity index (χ2v) is 2.68. The van der Waals surface area contributed by atoms with Crippen LogP contribution in [0.15, 0.2) is 23.3 Å². The van der Waals surface area contributed by atoms with Gasteiger partial charge in [0.15, 0.2) is 0 Å². The Balaban J connectivity index is 2.55. The van der Waals surface area contributed by atoms with Gasteiger partial charge in [-0.15, -0.1) is 0 Å². The van der Waals surface area contributed by atoms with Crippen LogP contribution in [-0.4, -0.2) is 18.3 Å². The number of benzene rings is 1. The van der Waals surface area contributed by atoms with Crippen LogP contribution in [0.25, 0.3) is 0 Å². The summed E-state index contributed by atoms with van der Waals surface area (Å²) in [4.78, 5) is 0. The van der Waals surface area contributed by atoms with Gasteiger partial charge in [-0.2, -0.15) is 5.10 Å². The van der Waals surface area contributed by atoms with Crippen molar-refractivity contribution >= 4 is 24.4 Å². The van der Waals surface area contributed by atoms with Gasteiger partial charge in [0.05, 0.1) is 6.21 Å². The highest BCUT2D eigenvalue weighted by atomic mass is 16.2. The lowest BCUT2D eigenvalue weighted by atomic mass is 9.72. The van der Waals surface area contributed by atoms with Crippen LogP contribution < -0.4 is 16.5 Å². The number of nitrogens with zero attached hydrogens (tertiary/aromatic N) is 1. The molecule has 0 aliphatic carbocycles. The first-order valence-electron chi connectivity index (χ1n) is 3.63. The number of hydrazone groups is 1. The van der Waals surface area contributed by atoms with Crippen molar-refractivity contribution in [2.24, 2.45) is 5.10 Å². The van der Waals surface area contributed by atoms with Crippen molar-refractivity contribution in [2.75, 3.05) is 5.73 Å². The summed E-state index contributed by atoms with van der Waals surface area (Å²) in [5.74, 6) is 0. The second-order valence-electron chi connectivity index (χ2n) is 2.68. The van der Waals surface area contributed by atoms with Crippen LogP contribution in [-0.2, 0) is 0 Å². The predicted molar refractivity (Wildman–Crippen MR) is 49.2 cm³/mol. The van der Waals surface area contributed by atoms with E-state index < -0.39 is 7.05 Å². The Morgan fingerprint density at radius 1 is 1.50 bits per heavy atom. The lowest BCUT2D eigenvalue weighted by Crippen LogP contribution is -2.46. The Bertz CT molecular complexity index is 339. The number of anilines is 1. The lowest BCUT2D eigenvalue weighted by molar-refractivity contribution is 0.565. The number of nitrogens with one attached hydrogen (secondary N) is 1. The van der Waals surface area contributed by atoms with Crippen molar-refractivity contribution in [3.8, 4) is 0 Å². The van der Waals surface area contributed by atoms with Gasteiger partial charge in [0.25, 0.3) is 0 Å². The summed E-state index contributed by atoms with van der Waals surface area (Å²) in [7, 11) is -0.717. The summed E-state index contributed by atoms with van der Waals surface area (Å²) in [5, 5.41) is 15.7. The first-order chi connectivity index (χ1) is 5.77. The van der Waals surface area contributed by atoms with E-state index >= 15 is 0 Å². The molecule has 4 nitrogen and oxygen atoms in total. The maximum Gasteiger partial charge on any atom is 0.464 e. The highest BCUT2D eigenvalue weighted by molar-refractivity contribution is 6.65. The molecular formula is C7H8BN3O. The molecule has 1 heterocycles. The monoisotopic (exact) mass is 161 g/mol. The SMILES string of the molecule is Nc1ccc2c(c1)C=NNB2O. The molecule has 0 spiro atoms. The van der Waals surface area contributed by atoms with Crippen LogP contribution in [0.4, 0.5) is 5.69 Å². The van der Waals surface area contributed by atoms with Crippen molar-refractivity contribution in [3.05, 3.63) is 23.8 Å². The average molecular weight is 161 g/mol. The first-order valence-corrected chi connectivity index (χ1v) is 3.63. The normalized spacial score (nSPS) is 13.9. The average Bonchev–Trinajstić information content (AvgIpc) is 2.04.